The number of pyridine rings is 1. The normalized spacial score (nSPS) is 17.6. The molecule has 8 heteroatoms. The van der Waals surface area contributed by atoms with Gasteiger partial charge in [0, 0.05) is 33.9 Å². The highest BCUT2D eigenvalue weighted by atomic mass is 79.9. The van der Waals surface area contributed by atoms with Crippen molar-refractivity contribution in [2.24, 2.45) is 0 Å². The van der Waals surface area contributed by atoms with E-state index in [0.717, 1.165) is 32.8 Å². The number of nitrogens with zero attached hydrogens (tertiary/aromatic N) is 3. The number of aromatic carboxylic acids is 1. The van der Waals surface area contributed by atoms with Gasteiger partial charge in [-0.1, -0.05) is 28.1 Å². The first-order chi connectivity index (χ1) is 16.4. The molecule has 0 spiro atoms. The van der Waals surface area contributed by atoms with Gasteiger partial charge in [-0.05, 0) is 85.4 Å². The van der Waals surface area contributed by atoms with Crippen LogP contribution in [0, 0.1) is 6.92 Å². The molecule has 3 heterocycles. The lowest BCUT2D eigenvalue weighted by Crippen LogP contribution is -2.30. The summed E-state index contributed by atoms with van der Waals surface area (Å²) < 4.78 is 3.04. The quantitative estimate of drug-likeness (QED) is 0.315. The minimum Gasteiger partial charge on any atom is -0.478 e. The number of rotatable bonds is 5. The predicted octanol–water partition coefficient (Wildman–Crippen LogP) is 5.82. The summed E-state index contributed by atoms with van der Waals surface area (Å²) in [5.74, 6) is -0.961. The van der Waals surface area contributed by atoms with E-state index in [1.165, 1.54) is 0 Å². The first-order valence-corrected chi connectivity index (χ1v) is 11.9. The van der Waals surface area contributed by atoms with Crippen LogP contribution in [0.1, 0.15) is 39.4 Å². The van der Waals surface area contributed by atoms with Crippen LogP contribution in [-0.4, -0.2) is 25.7 Å². The van der Waals surface area contributed by atoms with Gasteiger partial charge in [0.05, 0.1) is 17.3 Å². The van der Waals surface area contributed by atoms with Crippen LogP contribution in [0.5, 0.6) is 0 Å². The fourth-order valence-corrected chi connectivity index (χ4v) is 4.96. The average Bonchev–Trinajstić information content (AvgIpc) is 3.46. The molecule has 2 N–H and O–H groups in total. The number of thiocarbonyl (C=S) groups is 1. The van der Waals surface area contributed by atoms with Crippen LogP contribution in [0.3, 0.4) is 0 Å². The van der Waals surface area contributed by atoms with Crippen molar-refractivity contribution in [2.75, 3.05) is 4.90 Å². The molecule has 1 saturated heterocycles. The second-order valence-electron chi connectivity index (χ2n) is 8.09. The number of hydrogen-bond acceptors (Lipinski definition) is 3. The smallest absolute Gasteiger partial charge is 0.335 e. The van der Waals surface area contributed by atoms with Gasteiger partial charge >= 0.3 is 5.97 Å². The molecule has 34 heavy (non-hydrogen) atoms. The van der Waals surface area contributed by atoms with Crippen molar-refractivity contribution >= 4 is 44.9 Å². The molecule has 2 aromatic carbocycles. The number of anilines is 1. The van der Waals surface area contributed by atoms with Crippen LogP contribution in [0.2, 0.25) is 0 Å². The second kappa shape index (κ2) is 9.04. The van der Waals surface area contributed by atoms with Crippen LogP contribution in [0.15, 0.2) is 89.7 Å². The molecule has 0 amide bonds. The van der Waals surface area contributed by atoms with Crippen LogP contribution >= 0.6 is 28.1 Å². The number of carboxylic acid groups (broad SMARTS) is 1. The average molecular weight is 533 g/mol. The van der Waals surface area contributed by atoms with Gasteiger partial charge in [0.15, 0.2) is 5.11 Å². The molecule has 1 fully saturated rings. The first kappa shape index (κ1) is 22.3. The molecule has 0 unspecified atom stereocenters. The van der Waals surface area contributed by atoms with Gasteiger partial charge in [-0.3, -0.25) is 4.98 Å². The van der Waals surface area contributed by atoms with Crippen molar-refractivity contribution in [3.05, 3.63) is 112 Å². The Morgan fingerprint density at radius 1 is 1.06 bits per heavy atom. The van der Waals surface area contributed by atoms with Gasteiger partial charge in [-0.2, -0.15) is 0 Å². The summed E-state index contributed by atoms with van der Waals surface area (Å²) in [4.78, 5) is 18.3. The van der Waals surface area contributed by atoms with Gasteiger partial charge in [0.1, 0.15) is 6.04 Å². The summed E-state index contributed by atoms with van der Waals surface area (Å²) in [5, 5.41) is 13.6. The summed E-state index contributed by atoms with van der Waals surface area (Å²) in [6.45, 7) is 2.05. The van der Waals surface area contributed by atoms with Crippen molar-refractivity contribution in [2.45, 2.75) is 19.0 Å². The molecular weight excluding hydrogens is 512 g/mol. The Kier molecular flexibility index (Phi) is 5.93. The fourth-order valence-electron chi connectivity index (χ4n) is 4.37. The zero-order valence-corrected chi connectivity index (χ0v) is 20.6. The van der Waals surface area contributed by atoms with Crippen LogP contribution in [0.4, 0.5) is 5.69 Å². The number of aromatic nitrogens is 2. The van der Waals surface area contributed by atoms with Gasteiger partial charge in [-0.25, -0.2) is 4.79 Å². The third-order valence-corrected chi connectivity index (χ3v) is 7.18. The van der Waals surface area contributed by atoms with Gasteiger partial charge in [0.2, 0.25) is 0 Å². The fraction of sp³-hybridized carbons (Fsp3) is 0.115. The number of halogens is 1. The van der Waals surface area contributed by atoms with Crippen molar-refractivity contribution in [1.82, 2.24) is 14.9 Å². The highest BCUT2D eigenvalue weighted by Crippen LogP contribution is 2.42. The molecule has 6 nitrogen and oxygen atoms in total. The largest absolute Gasteiger partial charge is 0.478 e. The van der Waals surface area contributed by atoms with E-state index in [0.29, 0.717) is 5.11 Å². The Labute approximate surface area is 211 Å². The number of aryl methyl sites for hydroxylation is 1. The lowest BCUT2D eigenvalue weighted by atomic mass is 10.0. The minimum absolute atomic E-state index is 0.200. The Balaban J connectivity index is 1.67. The lowest BCUT2D eigenvalue weighted by molar-refractivity contribution is 0.0697. The highest BCUT2D eigenvalue weighted by molar-refractivity contribution is 9.10. The van der Waals surface area contributed by atoms with Crippen LogP contribution in [-0.2, 0) is 0 Å². The van der Waals surface area contributed by atoms with Crippen LogP contribution < -0.4 is 10.2 Å². The van der Waals surface area contributed by atoms with E-state index in [-0.39, 0.29) is 17.6 Å². The predicted molar refractivity (Wildman–Crippen MR) is 140 cm³/mol. The molecule has 1 aliphatic heterocycles. The van der Waals surface area contributed by atoms with Gasteiger partial charge in [0.25, 0.3) is 0 Å². The summed E-state index contributed by atoms with van der Waals surface area (Å²) in [5.41, 5.74) is 4.91. The summed E-state index contributed by atoms with van der Waals surface area (Å²) in [6, 6.07) is 22.5. The molecule has 5 rings (SSSR count). The van der Waals surface area contributed by atoms with E-state index in [1.807, 2.05) is 66.2 Å². The monoisotopic (exact) mass is 532 g/mol. The number of carbonyl (C=O) groups is 1. The summed E-state index contributed by atoms with van der Waals surface area (Å²) >= 11 is 9.42. The molecule has 0 radical (unpaired) electrons. The topological polar surface area (TPSA) is 70.4 Å². The Bertz CT molecular complexity index is 1390. The maximum atomic E-state index is 11.6. The van der Waals surface area contributed by atoms with Gasteiger partial charge < -0.3 is 19.9 Å². The molecule has 0 bridgehead atoms. The Morgan fingerprint density at radius 3 is 2.65 bits per heavy atom. The summed E-state index contributed by atoms with van der Waals surface area (Å²) in [7, 11) is 0. The van der Waals surface area contributed by atoms with E-state index in [4.69, 9.17) is 12.2 Å². The molecule has 0 aliphatic carbocycles. The zero-order chi connectivity index (χ0) is 23.8. The number of benzene rings is 2. The Morgan fingerprint density at radius 2 is 1.91 bits per heavy atom. The third kappa shape index (κ3) is 3.99. The van der Waals surface area contributed by atoms with E-state index < -0.39 is 5.97 Å². The number of hydrogen-bond donors (Lipinski definition) is 2. The standard InChI is InChI=1S/C26H21BrN4O2S/c1-16-14-19(10-11-20(16)27)31-24(23(29-26(31)34)21-8-2-3-12-28-21)22-9-5-13-30(22)18-7-4-6-17(15-18)25(32)33/h2-15,23-24H,1H3,(H,29,34)(H,32,33)/t23-,24-/m1/s1. The maximum absolute atomic E-state index is 11.6. The molecule has 0 saturated carbocycles. The second-order valence-corrected chi connectivity index (χ2v) is 9.33. The number of nitrogens with one attached hydrogen (secondary N) is 1. The van der Waals surface area contributed by atoms with Crippen molar-refractivity contribution in [3.8, 4) is 5.69 Å². The molecule has 2 atom stereocenters. The third-order valence-electron chi connectivity index (χ3n) is 5.97. The SMILES string of the molecule is Cc1cc(N2C(=S)N[C@H](c3ccccn3)[C@H]2c2cccn2-c2cccc(C(=O)O)c2)ccc1Br. The van der Waals surface area contributed by atoms with E-state index in [1.54, 1.807) is 24.4 Å². The maximum Gasteiger partial charge on any atom is 0.335 e. The Hall–Kier alpha value is -3.49. The van der Waals surface area contributed by atoms with Crippen LogP contribution in [0.25, 0.3) is 5.69 Å². The van der Waals surface area contributed by atoms with Crippen molar-refractivity contribution in [1.29, 1.82) is 0 Å². The van der Waals surface area contributed by atoms with E-state index in [2.05, 4.69) is 37.2 Å². The first-order valence-electron chi connectivity index (χ1n) is 10.7. The van der Waals surface area contributed by atoms with Crippen molar-refractivity contribution < 1.29 is 9.90 Å². The zero-order valence-electron chi connectivity index (χ0n) is 18.2. The lowest BCUT2D eigenvalue weighted by Gasteiger charge is -2.29. The van der Waals surface area contributed by atoms with Crippen molar-refractivity contribution in [3.63, 3.8) is 0 Å². The molecule has 1 aliphatic rings. The van der Waals surface area contributed by atoms with E-state index in [9.17, 15) is 9.90 Å². The molecular formula is C26H21BrN4O2S. The molecule has 170 valence electrons. The summed E-state index contributed by atoms with van der Waals surface area (Å²) in [6.07, 6.45) is 3.72. The molecule has 4 aromatic rings. The molecule has 2 aromatic heterocycles. The highest BCUT2D eigenvalue weighted by Gasteiger charge is 2.42. The minimum atomic E-state index is -0.961. The van der Waals surface area contributed by atoms with Gasteiger partial charge in [-0.15, -0.1) is 0 Å². The number of carboxylic acids is 1. The van der Waals surface area contributed by atoms with E-state index >= 15 is 0 Å².